The fraction of sp³-hybridized carbons (Fsp3) is 0.935. The van der Waals surface area contributed by atoms with Crippen LogP contribution in [0.3, 0.4) is 0 Å². The highest BCUT2D eigenvalue weighted by atomic mass is 16.5. The normalized spacial score (nSPS) is 51.0. The average Bonchev–Trinajstić information content (AvgIpc) is 2.88. The minimum atomic E-state index is -0.138. The second kappa shape index (κ2) is 7.58. The highest BCUT2D eigenvalue weighted by Crippen LogP contribution is 2.70. The Bertz CT molecular complexity index is 823. The summed E-state index contributed by atoms with van der Waals surface area (Å²) in [6.07, 6.45) is 14.3. The quantitative estimate of drug-likeness (QED) is 0.406. The Balaban J connectivity index is 1.49. The monoisotopic (exact) mass is 456 g/mol. The van der Waals surface area contributed by atoms with E-state index in [-0.39, 0.29) is 16.9 Å². The van der Waals surface area contributed by atoms with Gasteiger partial charge in [-0.2, -0.15) is 0 Å². The predicted molar refractivity (Wildman–Crippen MR) is 137 cm³/mol. The van der Waals surface area contributed by atoms with Crippen LogP contribution in [-0.4, -0.2) is 24.4 Å². The maximum absolute atomic E-state index is 10.9. The van der Waals surface area contributed by atoms with Crippen LogP contribution >= 0.6 is 0 Å². The van der Waals surface area contributed by atoms with Crippen LogP contribution in [0.15, 0.2) is 11.1 Å². The molecule has 5 aliphatic carbocycles. The molecule has 8 atom stereocenters. The zero-order chi connectivity index (χ0) is 24.0. The molecule has 1 N–H and O–H groups in total. The van der Waals surface area contributed by atoms with Gasteiger partial charge in [0.15, 0.2) is 0 Å². The number of fused-ring (bicyclic) bond motifs is 5. The molecule has 0 aromatic carbocycles. The van der Waals surface area contributed by atoms with Crippen LogP contribution in [0.25, 0.3) is 0 Å². The summed E-state index contributed by atoms with van der Waals surface area (Å²) < 4.78 is 6.04. The van der Waals surface area contributed by atoms with E-state index in [4.69, 9.17) is 4.74 Å². The second-order valence-corrected chi connectivity index (χ2v) is 15.1. The molecule has 0 aromatic heterocycles. The molecule has 0 radical (unpaired) electrons. The number of aliphatic hydroxyl groups is 1. The predicted octanol–water partition coefficient (Wildman–Crippen LogP) is 7.94. The van der Waals surface area contributed by atoms with Crippen molar-refractivity contribution in [2.24, 2.45) is 44.8 Å². The molecule has 2 nitrogen and oxygen atoms in total. The Labute approximate surface area is 204 Å². The van der Waals surface area contributed by atoms with Gasteiger partial charge in [0.25, 0.3) is 0 Å². The van der Waals surface area contributed by atoms with Crippen molar-refractivity contribution in [2.45, 2.75) is 131 Å². The summed E-state index contributed by atoms with van der Waals surface area (Å²) in [4.78, 5) is 0. The molecule has 0 bridgehead atoms. The van der Waals surface area contributed by atoms with Crippen LogP contribution in [0.5, 0.6) is 0 Å². The Morgan fingerprint density at radius 3 is 2.12 bits per heavy atom. The third kappa shape index (κ3) is 3.24. The molecule has 5 rings (SSSR count). The lowest BCUT2D eigenvalue weighted by Gasteiger charge is -2.64. The van der Waals surface area contributed by atoms with Gasteiger partial charge < -0.3 is 9.84 Å². The van der Waals surface area contributed by atoms with Crippen LogP contribution in [0.1, 0.15) is 119 Å². The van der Waals surface area contributed by atoms with E-state index in [2.05, 4.69) is 48.5 Å². The molecule has 5 aliphatic rings. The minimum absolute atomic E-state index is 0.0358. The lowest BCUT2D eigenvalue weighted by atomic mass is 9.42. The molecule has 0 amide bonds. The molecule has 3 fully saturated rings. The first-order chi connectivity index (χ1) is 15.3. The average molecular weight is 457 g/mol. The molecule has 3 saturated carbocycles. The number of aliphatic hydroxyl groups excluding tert-OH is 1. The maximum Gasteiger partial charge on any atom is 0.0625 e. The van der Waals surface area contributed by atoms with Crippen LogP contribution in [0.4, 0.5) is 0 Å². The Kier molecular flexibility index (Phi) is 5.60. The van der Waals surface area contributed by atoms with Crippen molar-refractivity contribution in [2.75, 3.05) is 7.11 Å². The van der Waals surface area contributed by atoms with Gasteiger partial charge in [0, 0.05) is 7.11 Å². The Hall–Kier alpha value is -0.340. The summed E-state index contributed by atoms with van der Waals surface area (Å²) in [5, 5.41) is 10.9. The van der Waals surface area contributed by atoms with Gasteiger partial charge in [-0.1, -0.05) is 59.6 Å². The number of ether oxygens (including phenoxy) is 1. The number of hydrogen-bond donors (Lipinski definition) is 1. The standard InChI is InChI=1S/C31H52O2/c1-27(2)22-11-9-20-19-29(5)16-13-23-28(3,4)26(33-8)15-18-31(23,7)24(29)12-10-21(20)30(22,6)17-14-25(27)32/h22-26,32H,9-19H2,1-8H3/t22-,23+,24-,25+,26+,29-,30+,31-/m0/s1. The van der Waals surface area contributed by atoms with Crippen LogP contribution in [-0.2, 0) is 4.74 Å². The van der Waals surface area contributed by atoms with E-state index in [9.17, 15) is 5.11 Å². The van der Waals surface area contributed by atoms with Crippen molar-refractivity contribution in [3.05, 3.63) is 11.1 Å². The van der Waals surface area contributed by atoms with Crippen LogP contribution in [0.2, 0.25) is 0 Å². The van der Waals surface area contributed by atoms with Crippen molar-refractivity contribution in [1.29, 1.82) is 0 Å². The first kappa shape index (κ1) is 24.4. The van der Waals surface area contributed by atoms with Crippen molar-refractivity contribution in [3.63, 3.8) is 0 Å². The van der Waals surface area contributed by atoms with E-state index in [1.54, 1.807) is 0 Å². The van der Waals surface area contributed by atoms with Gasteiger partial charge in [0.2, 0.25) is 0 Å². The van der Waals surface area contributed by atoms with Crippen molar-refractivity contribution in [1.82, 2.24) is 0 Å². The molecule has 0 saturated heterocycles. The van der Waals surface area contributed by atoms with Crippen molar-refractivity contribution < 1.29 is 9.84 Å². The SMILES string of the molecule is CO[C@@H]1CC[C@@]2(C)[C@H](CC[C@@]3(C)CC4=C(CC[C@@H]32)[C@@]2(C)CC[C@@H](O)C(C)(C)[C@@H]2CC4)C1(C)C. The summed E-state index contributed by atoms with van der Waals surface area (Å²) in [6.45, 7) is 17.7. The van der Waals surface area contributed by atoms with Gasteiger partial charge in [0.05, 0.1) is 12.2 Å². The number of rotatable bonds is 1. The van der Waals surface area contributed by atoms with Gasteiger partial charge in [-0.15, -0.1) is 0 Å². The summed E-state index contributed by atoms with van der Waals surface area (Å²) in [7, 11) is 1.94. The molecule has 0 unspecified atom stereocenters. The third-order valence-electron chi connectivity index (χ3n) is 13.0. The largest absolute Gasteiger partial charge is 0.393 e. The van der Waals surface area contributed by atoms with Gasteiger partial charge in [-0.25, -0.2) is 0 Å². The molecule has 0 heterocycles. The fourth-order valence-electron chi connectivity index (χ4n) is 11.3. The van der Waals surface area contributed by atoms with E-state index in [1.165, 1.54) is 64.2 Å². The molecule has 33 heavy (non-hydrogen) atoms. The lowest BCUT2D eigenvalue weighted by molar-refractivity contribution is -0.178. The first-order valence-electron chi connectivity index (χ1n) is 14.2. The van der Waals surface area contributed by atoms with Gasteiger partial charge in [-0.05, 0) is 115 Å². The number of allylic oxidation sites excluding steroid dienone is 2. The van der Waals surface area contributed by atoms with E-state index in [0.717, 1.165) is 18.3 Å². The summed E-state index contributed by atoms with van der Waals surface area (Å²) >= 11 is 0. The molecular weight excluding hydrogens is 404 g/mol. The number of methoxy groups -OCH3 is 1. The molecule has 0 aliphatic heterocycles. The van der Waals surface area contributed by atoms with E-state index in [0.29, 0.717) is 28.3 Å². The topological polar surface area (TPSA) is 29.5 Å². The van der Waals surface area contributed by atoms with Gasteiger partial charge in [0.1, 0.15) is 0 Å². The van der Waals surface area contributed by atoms with E-state index >= 15 is 0 Å². The second-order valence-electron chi connectivity index (χ2n) is 15.1. The van der Waals surface area contributed by atoms with Gasteiger partial charge in [-0.3, -0.25) is 0 Å². The Morgan fingerprint density at radius 1 is 0.727 bits per heavy atom. The van der Waals surface area contributed by atoms with E-state index in [1.807, 2.05) is 18.3 Å². The summed E-state index contributed by atoms with van der Waals surface area (Å²) in [5.74, 6) is 2.21. The zero-order valence-electron chi connectivity index (χ0n) is 23.0. The van der Waals surface area contributed by atoms with Gasteiger partial charge >= 0.3 is 0 Å². The smallest absolute Gasteiger partial charge is 0.0625 e. The molecule has 0 aromatic rings. The van der Waals surface area contributed by atoms with Crippen molar-refractivity contribution in [3.8, 4) is 0 Å². The summed E-state index contributed by atoms with van der Waals surface area (Å²) in [6, 6.07) is 0. The van der Waals surface area contributed by atoms with E-state index < -0.39 is 0 Å². The number of hydrogen-bond acceptors (Lipinski definition) is 2. The summed E-state index contributed by atoms with van der Waals surface area (Å²) in [5.41, 5.74) is 5.18. The highest BCUT2D eigenvalue weighted by molar-refractivity contribution is 5.32. The lowest BCUT2D eigenvalue weighted by Crippen LogP contribution is -2.58. The minimum Gasteiger partial charge on any atom is -0.393 e. The first-order valence-corrected chi connectivity index (χ1v) is 14.2. The zero-order valence-corrected chi connectivity index (χ0v) is 23.0. The Morgan fingerprint density at radius 2 is 1.42 bits per heavy atom. The molecule has 188 valence electrons. The maximum atomic E-state index is 10.9. The highest BCUT2D eigenvalue weighted by Gasteiger charge is 2.62. The molecule has 0 spiro atoms. The van der Waals surface area contributed by atoms with Crippen LogP contribution < -0.4 is 0 Å². The molecular formula is C31H52O2. The molecule has 2 heteroatoms. The van der Waals surface area contributed by atoms with Crippen LogP contribution in [0, 0.1) is 44.8 Å². The third-order valence-corrected chi connectivity index (χ3v) is 13.0. The van der Waals surface area contributed by atoms with Crippen molar-refractivity contribution >= 4 is 0 Å². The fourth-order valence-corrected chi connectivity index (χ4v) is 11.3.